The first-order valence-electron chi connectivity index (χ1n) is 1.94. The van der Waals surface area contributed by atoms with E-state index in [4.69, 9.17) is 0 Å². The van der Waals surface area contributed by atoms with Crippen molar-refractivity contribution in [1.29, 1.82) is 0 Å². The number of aromatic amines is 1. The summed E-state index contributed by atoms with van der Waals surface area (Å²) in [5, 5.41) is 21.8. The van der Waals surface area contributed by atoms with Crippen molar-refractivity contribution < 1.29 is 3.84 Å². The second kappa shape index (κ2) is 2.54. The molecule has 0 fully saturated rings. The van der Waals surface area contributed by atoms with Crippen LogP contribution < -0.4 is 4.61 Å². The molecule has 9 heavy (non-hydrogen) atoms. The average Bonchev–Trinajstić information content (AvgIpc) is 2.15. The van der Waals surface area contributed by atoms with Crippen molar-refractivity contribution >= 4 is 20.6 Å². The number of tetrazole rings is 1. The molecule has 0 bridgehead atoms. The Morgan fingerprint density at radius 1 is 1.78 bits per heavy atom. The summed E-state index contributed by atoms with van der Waals surface area (Å²) in [6.07, 6.45) is 0. The number of nitrogens with one attached hydrogen (secondary N) is 1. The zero-order chi connectivity index (χ0) is 6.69. The van der Waals surface area contributed by atoms with E-state index in [-0.39, 0.29) is 3.84 Å². The third-order valence-corrected chi connectivity index (χ3v) is 1.81. The summed E-state index contributed by atoms with van der Waals surface area (Å²) in [6, 6.07) is 0. The van der Waals surface area contributed by atoms with Gasteiger partial charge in [0, 0.05) is 0 Å². The average molecular weight is 191 g/mol. The molecule has 0 saturated heterocycles. The summed E-state index contributed by atoms with van der Waals surface area (Å²) in [6.45, 7) is 0. The summed E-state index contributed by atoms with van der Waals surface area (Å²) >= 11 is -1.39. The monoisotopic (exact) mass is 191 g/mol. The number of hydrogen-bond donors (Lipinski definition) is 1. The van der Waals surface area contributed by atoms with Crippen molar-refractivity contribution in [2.24, 2.45) is 0 Å². The van der Waals surface area contributed by atoms with Crippen molar-refractivity contribution in [2.45, 2.75) is 0 Å². The van der Waals surface area contributed by atoms with Crippen molar-refractivity contribution in [1.82, 2.24) is 20.6 Å². The first-order chi connectivity index (χ1) is 4.29. The van der Waals surface area contributed by atoms with E-state index in [0.717, 1.165) is 0 Å². The Morgan fingerprint density at radius 2 is 2.56 bits per heavy atom. The van der Waals surface area contributed by atoms with Gasteiger partial charge in [-0.1, -0.05) is 0 Å². The van der Waals surface area contributed by atoms with E-state index in [1.54, 1.807) is 0 Å². The second-order valence-electron chi connectivity index (χ2n) is 1.12. The molecule has 1 atom stereocenters. The molecule has 0 spiro atoms. The van der Waals surface area contributed by atoms with E-state index in [1.807, 2.05) is 0 Å². The third-order valence-electron chi connectivity index (χ3n) is 0.543. The molecule has 1 N–H and O–H groups in total. The Morgan fingerprint density at radius 3 is 3.00 bits per heavy atom. The standard InChI is InChI=1S/CH2AsN5O2/c8-7(9)2-1-3-5-6-4-1/h2H,(H,3,4,5,6). The zero-order valence-corrected chi connectivity index (χ0v) is 6.20. The molecule has 1 unspecified atom stereocenters. The van der Waals surface area contributed by atoms with Gasteiger partial charge < -0.3 is 0 Å². The fourth-order valence-corrected chi connectivity index (χ4v) is 1.05. The SMILES string of the molecule is O=[N+]([O-])[AsH]c1nnn[nH]1. The van der Waals surface area contributed by atoms with Crippen molar-refractivity contribution in [3.05, 3.63) is 10.1 Å². The van der Waals surface area contributed by atoms with Gasteiger partial charge in [-0.2, -0.15) is 0 Å². The topological polar surface area (TPSA) is 97.6 Å². The molecule has 0 radical (unpaired) electrons. The van der Waals surface area contributed by atoms with Gasteiger partial charge in [0.1, 0.15) is 0 Å². The molecule has 0 aliphatic carbocycles. The number of rotatable bonds is 2. The molecule has 8 heteroatoms. The number of aromatic nitrogens is 4. The van der Waals surface area contributed by atoms with Gasteiger partial charge in [-0.25, -0.2) is 0 Å². The predicted octanol–water partition coefficient (Wildman–Crippen LogP) is -2.55. The summed E-state index contributed by atoms with van der Waals surface area (Å²) in [4.78, 5) is 9.81. The molecule has 0 aliphatic rings. The first kappa shape index (κ1) is 6.15. The first-order valence-corrected chi connectivity index (χ1v) is 3.92. The van der Waals surface area contributed by atoms with Crippen molar-refractivity contribution in [3.63, 3.8) is 0 Å². The van der Waals surface area contributed by atoms with E-state index in [0.29, 0.717) is 4.61 Å². The summed E-state index contributed by atoms with van der Waals surface area (Å²) in [5.74, 6) is 0. The molecule has 0 aromatic carbocycles. The molecule has 1 aromatic heterocycles. The molecular weight excluding hydrogens is 189 g/mol. The van der Waals surface area contributed by atoms with Crippen LogP contribution in [0, 0.1) is 10.1 Å². The van der Waals surface area contributed by atoms with Crippen molar-refractivity contribution in [2.75, 3.05) is 0 Å². The molecule has 1 heterocycles. The number of hydrogen-bond acceptors (Lipinski definition) is 5. The van der Waals surface area contributed by atoms with Gasteiger partial charge in [0.05, 0.1) is 0 Å². The van der Waals surface area contributed by atoms with Crippen LogP contribution in [-0.4, -0.2) is 40.4 Å². The predicted molar refractivity (Wildman–Crippen MR) is 28.0 cm³/mol. The Hall–Kier alpha value is -0.972. The Labute approximate surface area is 55.9 Å². The van der Waals surface area contributed by atoms with E-state index in [9.17, 15) is 10.1 Å². The van der Waals surface area contributed by atoms with Gasteiger partial charge in [-0.3, -0.25) is 0 Å². The van der Waals surface area contributed by atoms with Crippen LogP contribution in [0.1, 0.15) is 0 Å². The summed E-state index contributed by atoms with van der Waals surface area (Å²) in [7, 11) is 0. The maximum atomic E-state index is 9.81. The van der Waals surface area contributed by atoms with E-state index < -0.39 is 16.0 Å². The Balaban J connectivity index is 2.58. The zero-order valence-electron chi connectivity index (χ0n) is 4.11. The number of nitro groups is 1. The molecule has 0 saturated carbocycles. The van der Waals surface area contributed by atoms with Gasteiger partial charge in [-0.05, 0) is 0 Å². The quantitative estimate of drug-likeness (QED) is 0.315. The molecular formula is CH2AsN5O2. The number of nitrogens with zero attached hydrogens (tertiary/aromatic N) is 4. The molecule has 1 aromatic rings. The van der Waals surface area contributed by atoms with Crippen LogP contribution in [-0.2, 0) is 0 Å². The second-order valence-corrected chi connectivity index (χ2v) is 3.35. The molecule has 1 rings (SSSR count). The van der Waals surface area contributed by atoms with Crippen LogP contribution in [0.25, 0.3) is 0 Å². The molecule has 0 aliphatic heterocycles. The van der Waals surface area contributed by atoms with Crippen LogP contribution in [0.5, 0.6) is 0 Å². The van der Waals surface area contributed by atoms with Crippen LogP contribution in [0.15, 0.2) is 0 Å². The summed E-state index contributed by atoms with van der Waals surface area (Å²) in [5.41, 5.74) is 0. The van der Waals surface area contributed by atoms with E-state index >= 15 is 0 Å². The van der Waals surface area contributed by atoms with Crippen LogP contribution in [0.2, 0.25) is 0 Å². The fraction of sp³-hybridized carbons (Fsp3) is 0. The van der Waals surface area contributed by atoms with E-state index in [2.05, 4.69) is 20.6 Å². The van der Waals surface area contributed by atoms with Gasteiger partial charge in [-0.15, -0.1) is 0 Å². The Kier molecular flexibility index (Phi) is 1.74. The van der Waals surface area contributed by atoms with Crippen LogP contribution >= 0.6 is 0 Å². The minimum absolute atomic E-state index is 0.292. The Bertz CT molecular complexity index is 195. The third kappa shape index (κ3) is 1.77. The van der Waals surface area contributed by atoms with Gasteiger partial charge >= 0.3 is 55.2 Å². The molecule has 7 nitrogen and oxygen atoms in total. The minimum atomic E-state index is -1.39. The summed E-state index contributed by atoms with van der Waals surface area (Å²) < 4.78 is -0.0950. The maximum absolute atomic E-state index is 9.81. The molecule has 0 amide bonds. The van der Waals surface area contributed by atoms with Gasteiger partial charge in [0.15, 0.2) is 0 Å². The van der Waals surface area contributed by atoms with Crippen LogP contribution in [0.3, 0.4) is 0 Å². The van der Waals surface area contributed by atoms with Crippen LogP contribution in [0.4, 0.5) is 0 Å². The van der Waals surface area contributed by atoms with Gasteiger partial charge in [0.2, 0.25) is 0 Å². The fourth-order valence-electron chi connectivity index (χ4n) is 0.293. The molecule has 48 valence electrons. The van der Waals surface area contributed by atoms with Gasteiger partial charge in [0.25, 0.3) is 0 Å². The number of H-pyrrole nitrogens is 1. The van der Waals surface area contributed by atoms with E-state index in [1.165, 1.54) is 0 Å². The normalized spacial score (nSPS) is 10.7. The van der Waals surface area contributed by atoms with Crippen molar-refractivity contribution in [3.8, 4) is 0 Å².